The number of nitrogens with zero attached hydrogens (tertiary/aromatic N) is 1. The van der Waals surface area contributed by atoms with Crippen molar-refractivity contribution in [1.29, 1.82) is 0 Å². The van der Waals surface area contributed by atoms with Gasteiger partial charge in [0.2, 0.25) is 0 Å². The van der Waals surface area contributed by atoms with Crippen LogP contribution in [0, 0.1) is 5.92 Å². The molecule has 0 spiro atoms. The van der Waals surface area contributed by atoms with Gasteiger partial charge in [0.15, 0.2) is 0 Å². The van der Waals surface area contributed by atoms with Gasteiger partial charge in [0.05, 0.1) is 6.04 Å². The Morgan fingerprint density at radius 2 is 2.00 bits per heavy atom. The summed E-state index contributed by atoms with van der Waals surface area (Å²) in [6.45, 7) is 4.50. The molecule has 1 unspecified atom stereocenters. The molecule has 0 radical (unpaired) electrons. The topological polar surface area (TPSA) is 24.9 Å². The maximum absolute atomic E-state index is 4.25. The molecule has 20 heavy (non-hydrogen) atoms. The van der Waals surface area contributed by atoms with E-state index >= 15 is 0 Å². The number of hydrogen-bond acceptors (Lipinski definition) is 3. The van der Waals surface area contributed by atoms with E-state index in [9.17, 15) is 0 Å². The molecule has 3 heteroatoms. The Kier molecular flexibility index (Phi) is 3.70. The Hall–Kier alpha value is -1.87. The van der Waals surface area contributed by atoms with Gasteiger partial charge in [0.1, 0.15) is 0 Å². The van der Waals surface area contributed by atoms with Gasteiger partial charge in [-0.25, -0.2) is 0 Å². The van der Waals surface area contributed by atoms with E-state index < -0.39 is 0 Å². The summed E-state index contributed by atoms with van der Waals surface area (Å²) in [6, 6.07) is 13.0. The Morgan fingerprint density at radius 1 is 1.10 bits per heavy atom. The van der Waals surface area contributed by atoms with Gasteiger partial charge in [-0.15, -0.1) is 11.3 Å². The molecule has 3 aromatic rings. The zero-order chi connectivity index (χ0) is 13.9. The van der Waals surface area contributed by atoms with Crippen molar-refractivity contribution < 1.29 is 0 Å². The van der Waals surface area contributed by atoms with Crippen LogP contribution in [-0.2, 0) is 0 Å². The van der Waals surface area contributed by atoms with E-state index in [2.05, 4.69) is 65.9 Å². The van der Waals surface area contributed by atoms with Crippen LogP contribution in [0.15, 0.2) is 54.2 Å². The number of benzene rings is 1. The molecule has 0 amide bonds. The SMILES string of the molecule is CC(C)C(Nc1cccc2ccncc12)c1cccs1. The summed E-state index contributed by atoms with van der Waals surface area (Å²) in [4.78, 5) is 5.63. The molecule has 0 saturated carbocycles. The van der Waals surface area contributed by atoms with Gasteiger partial charge in [-0.1, -0.05) is 32.0 Å². The van der Waals surface area contributed by atoms with Crippen LogP contribution >= 0.6 is 11.3 Å². The molecule has 1 N–H and O–H groups in total. The predicted octanol–water partition coefficient (Wildman–Crippen LogP) is 5.11. The van der Waals surface area contributed by atoms with Gasteiger partial charge in [0, 0.05) is 28.3 Å². The molecule has 2 heterocycles. The molecule has 1 atom stereocenters. The average molecular weight is 282 g/mol. The van der Waals surface area contributed by atoms with Crippen LogP contribution in [0.4, 0.5) is 5.69 Å². The Balaban J connectivity index is 1.99. The summed E-state index contributed by atoms with van der Waals surface area (Å²) in [5.74, 6) is 0.528. The molecule has 0 aliphatic rings. The largest absolute Gasteiger partial charge is 0.377 e. The molecule has 2 aromatic heterocycles. The van der Waals surface area contributed by atoms with Crippen LogP contribution in [0.1, 0.15) is 24.8 Å². The summed E-state index contributed by atoms with van der Waals surface area (Å²) in [7, 11) is 0. The smallest absolute Gasteiger partial charge is 0.0629 e. The maximum Gasteiger partial charge on any atom is 0.0629 e. The van der Waals surface area contributed by atoms with Gasteiger partial charge < -0.3 is 5.32 Å². The Morgan fingerprint density at radius 3 is 2.75 bits per heavy atom. The molecule has 3 rings (SSSR count). The number of pyridine rings is 1. The fraction of sp³-hybridized carbons (Fsp3) is 0.235. The van der Waals surface area contributed by atoms with E-state index in [1.165, 1.54) is 15.6 Å². The standard InChI is InChI=1S/C17H18N2S/c1-12(2)17(16-7-4-10-20-16)19-15-6-3-5-13-8-9-18-11-14(13)15/h3-12,17,19H,1-2H3. The number of anilines is 1. The number of thiophene rings is 1. The summed E-state index contributed by atoms with van der Waals surface area (Å²) in [5, 5.41) is 8.23. The van der Waals surface area contributed by atoms with Crippen LogP contribution in [0.5, 0.6) is 0 Å². The van der Waals surface area contributed by atoms with Crippen LogP contribution in [-0.4, -0.2) is 4.98 Å². The average Bonchev–Trinajstić information content (AvgIpc) is 2.98. The van der Waals surface area contributed by atoms with Crippen molar-refractivity contribution in [3.63, 3.8) is 0 Å². The zero-order valence-corrected chi connectivity index (χ0v) is 12.5. The van der Waals surface area contributed by atoms with Crippen LogP contribution in [0.25, 0.3) is 10.8 Å². The van der Waals surface area contributed by atoms with Crippen molar-refractivity contribution in [2.24, 2.45) is 5.92 Å². The van der Waals surface area contributed by atoms with Gasteiger partial charge >= 0.3 is 0 Å². The second-order valence-electron chi connectivity index (χ2n) is 5.28. The molecule has 0 aliphatic heterocycles. The van der Waals surface area contributed by atoms with Crippen molar-refractivity contribution >= 4 is 27.8 Å². The molecule has 0 bridgehead atoms. The minimum Gasteiger partial charge on any atom is -0.377 e. The third-order valence-corrected chi connectivity index (χ3v) is 4.47. The summed E-state index contributed by atoms with van der Waals surface area (Å²) < 4.78 is 0. The lowest BCUT2D eigenvalue weighted by atomic mass is 10.0. The predicted molar refractivity (Wildman–Crippen MR) is 87.3 cm³/mol. The molecule has 0 aliphatic carbocycles. The number of fused-ring (bicyclic) bond motifs is 1. The van der Waals surface area contributed by atoms with E-state index in [0.29, 0.717) is 12.0 Å². The molecule has 0 saturated heterocycles. The van der Waals surface area contributed by atoms with Gasteiger partial charge in [-0.2, -0.15) is 0 Å². The molecule has 1 aromatic carbocycles. The van der Waals surface area contributed by atoms with Crippen molar-refractivity contribution in [3.05, 3.63) is 59.0 Å². The highest BCUT2D eigenvalue weighted by Crippen LogP contribution is 2.32. The quantitative estimate of drug-likeness (QED) is 0.719. The van der Waals surface area contributed by atoms with Gasteiger partial charge in [-0.05, 0) is 34.9 Å². The van der Waals surface area contributed by atoms with Gasteiger partial charge in [-0.3, -0.25) is 4.98 Å². The van der Waals surface area contributed by atoms with E-state index in [1.54, 1.807) is 11.3 Å². The van der Waals surface area contributed by atoms with E-state index in [0.717, 1.165) is 5.69 Å². The lowest BCUT2D eigenvalue weighted by Gasteiger charge is -2.23. The van der Waals surface area contributed by atoms with Crippen LogP contribution < -0.4 is 5.32 Å². The summed E-state index contributed by atoms with van der Waals surface area (Å²) in [6.07, 6.45) is 3.77. The maximum atomic E-state index is 4.25. The van der Waals surface area contributed by atoms with Crippen molar-refractivity contribution in [1.82, 2.24) is 4.98 Å². The third-order valence-electron chi connectivity index (χ3n) is 3.51. The second-order valence-corrected chi connectivity index (χ2v) is 6.26. The molecule has 102 valence electrons. The number of nitrogens with one attached hydrogen (secondary N) is 1. The fourth-order valence-electron chi connectivity index (χ4n) is 2.44. The highest BCUT2D eigenvalue weighted by atomic mass is 32.1. The first-order chi connectivity index (χ1) is 9.75. The van der Waals surface area contributed by atoms with E-state index in [4.69, 9.17) is 0 Å². The zero-order valence-electron chi connectivity index (χ0n) is 11.7. The molecular formula is C17H18N2S. The molecular weight excluding hydrogens is 264 g/mol. The summed E-state index contributed by atoms with van der Waals surface area (Å²) in [5.41, 5.74) is 1.16. The lowest BCUT2D eigenvalue weighted by Crippen LogP contribution is -2.15. The minimum atomic E-state index is 0.334. The Labute approximate surface area is 123 Å². The van der Waals surface area contributed by atoms with Crippen molar-refractivity contribution in [2.75, 3.05) is 5.32 Å². The first-order valence-electron chi connectivity index (χ1n) is 6.88. The number of hydrogen-bond donors (Lipinski definition) is 1. The Bertz CT molecular complexity index is 684. The number of aromatic nitrogens is 1. The van der Waals surface area contributed by atoms with Gasteiger partial charge in [0.25, 0.3) is 0 Å². The van der Waals surface area contributed by atoms with Crippen LogP contribution in [0.3, 0.4) is 0 Å². The minimum absolute atomic E-state index is 0.334. The summed E-state index contributed by atoms with van der Waals surface area (Å²) >= 11 is 1.81. The first kappa shape index (κ1) is 13.1. The highest BCUT2D eigenvalue weighted by molar-refractivity contribution is 7.10. The van der Waals surface area contributed by atoms with Crippen molar-refractivity contribution in [3.8, 4) is 0 Å². The molecule has 0 fully saturated rings. The molecule has 2 nitrogen and oxygen atoms in total. The first-order valence-corrected chi connectivity index (χ1v) is 7.76. The van der Waals surface area contributed by atoms with Crippen LogP contribution in [0.2, 0.25) is 0 Å². The van der Waals surface area contributed by atoms with Crippen molar-refractivity contribution in [2.45, 2.75) is 19.9 Å². The second kappa shape index (κ2) is 5.63. The fourth-order valence-corrected chi connectivity index (χ4v) is 3.39. The van der Waals surface area contributed by atoms with E-state index in [-0.39, 0.29) is 0 Å². The number of rotatable bonds is 4. The van der Waals surface area contributed by atoms with E-state index in [1.807, 2.05) is 12.4 Å². The highest BCUT2D eigenvalue weighted by Gasteiger charge is 2.17. The normalized spacial score (nSPS) is 12.8. The third kappa shape index (κ3) is 2.54. The lowest BCUT2D eigenvalue weighted by molar-refractivity contribution is 0.554. The monoisotopic (exact) mass is 282 g/mol.